The highest BCUT2D eigenvalue weighted by Gasteiger charge is 2.31. The van der Waals surface area contributed by atoms with Gasteiger partial charge in [-0.25, -0.2) is 9.80 Å². The van der Waals surface area contributed by atoms with Crippen molar-refractivity contribution in [2.24, 2.45) is 0 Å². The molecule has 0 bridgehead atoms. The fraction of sp³-hybridized carbons (Fsp3) is 0.444. The second-order valence-electron chi connectivity index (χ2n) is 9.17. The molecule has 0 aliphatic carbocycles. The van der Waals surface area contributed by atoms with Gasteiger partial charge in [0.25, 0.3) is 0 Å². The zero-order valence-electron chi connectivity index (χ0n) is 20.5. The summed E-state index contributed by atoms with van der Waals surface area (Å²) in [4.78, 5) is 15.3. The number of hydrazine groups is 1. The fourth-order valence-corrected chi connectivity index (χ4v) is 5.29. The van der Waals surface area contributed by atoms with E-state index in [0.717, 1.165) is 56.0 Å². The van der Waals surface area contributed by atoms with Crippen molar-refractivity contribution in [3.8, 4) is 0 Å². The minimum atomic E-state index is 0.0676. The number of aromatic nitrogens is 2. The monoisotopic (exact) mass is 461 g/mol. The van der Waals surface area contributed by atoms with E-state index in [-0.39, 0.29) is 11.7 Å². The van der Waals surface area contributed by atoms with Gasteiger partial charge in [-0.3, -0.25) is 14.0 Å². The van der Waals surface area contributed by atoms with Crippen LogP contribution in [0.2, 0.25) is 0 Å². The average Bonchev–Trinajstić information content (AvgIpc) is 3.40. The molecule has 1 saturated heterocycles. The van der Waals surface area contributed by atoms with E-state index in [1.807, 2.05) is 23.0 Å². The van der Waals surface area contributed by atoms with Crippen LogP contribution in [0.4, 0.5) is 0 Å². The van der Waals surface area contributed by atoms with Gasteiger partial charge in [0.1, 0.15) is 0 Å². The van der Waals surface area contributed by atoms with Crippen molar-refractivity contribution in [1.82, 2.24) is 24.5 Å². The van der Waals surface area contributed by atoms with Gasteiger partial charge in [0.05, 0.1) is 30.3 Å². The zero-order chi connectivity index (χ0) is 23.7. The molecule has 34 heavy (non-hydrogen) atoms. The Balaban J connectivity index is 1.50. The predicted octanol–water partition coefficient (Wildman–Crippen LogP) is 3.39. The van der Waals surface area contributed by atoms with E-state index < -0.39 is 0 Å². The Morgan fingerprint density at radius 1 is 0.971 bits per heavy atom. The van der Waals surface area contributed by atoms with E-state index >= 15 is 0 Å². The first kappa shape index (κ1) is 22.9. The fourth-order valence-electron chi connectivity index (χ4n) is 5.29. The number of hydrogen-bond donors (Lipinski definition) is 1. The number of hydrogen-bond acceptors (Lipinski definition) is 5. The first-order valence-corrected chi connectivity index (χ1v) is 12.4. The van der Waals surface area contributed by atoms with E-state index in [9.17, 15) is 4.79 Å². The van der Waals surface area contributed by atoms with Gasteiger partial charge in [-0.05, 0) is 49.6 Å². The highest BCUT2D eigenvalue weighted by molar-refractivity contribution is 5.83. The number of nitrogens with one attached hydrogen (secondary N) is 1. The van der Waals surface area contributed by atoms with Crippen LogP contribution in [0, 0.1) is 6.92 Å². The molecule has 0 radical (unpaired) electrons. The van der Waals surface area contributed by atoms with Gasteiger partial charge in [0.15, 0.2) is 0 Å². The van der Waals surface area contributed by atoms with Gasteiger partial charge in [-0.2, -0.15) is 0 Å². The normalized spacial score (nSPS) is 19.5. The zero-order valence-corrected chi connectivity index (χ0v) is 20.5. The van der Waals surface area contributed by atoms with Crippen LogP contribution in [0.5, 0.6) is 0 Å². The maximum atomic E-state index is 12.9. The number of nitrogens with zero attached hydrogens (tertiary/aromatic N) is 4. The predicted molar refractivity (Wildman–Crippen MR) is 137 cm³/mol. The number of aryl methyl sites for hydroxylation is 3. The Hall–Kier alpha value is -2.87. The Morgan fingerprint density at radius 3 is 2.47 bits per heavy atom. The minimum Gasteiger partial charge on any atom is -0.379 e. The molecule has 5 rings (SSSR count). The molecule has 1 aromatic heterocycles. The number of fused-ring (bicyclic) bond motifs is 1. The number of morpholine rings is 1. The van der Waals surface area contributed by atoms with Gasteiger partial charge >= 0.3 is 5.69 Å². The van der Waals surface area contributed by atoms with Gasteiger partial charge < -0.3 is 10.2 Å². The molecule has 3 heterocycles. The van der Waals surface area contributed by atoms with Crippen LogP contribution >= 0.6 is 0 Å². The molecule has 1 fully saturated rings. The standard InChI is InChI=1S/C27H35N5O2/c1-4-30-24-10-9-21(18-25(24)31(5-2)27(30)33)23-19-28-32(12-11-29-13-15-34-16-14-29)26(23)22-8-6-7-20(3)17-22/h6-10,17-19,26,28H,4-5,11-16H2,1-3H3. The van der Waals surface area contributed by atoms with Crippen LogP contribution in [0.3, 0.4) is 0 Å². The van der Waals surface area contributed by atoms with Crippen molar-refractivity contribution in [3.63, 3.8) is 0 Å². The molecule has 7 heteroatoms. The average molecular weight is 462 g/mol. The molecular formula is C27H35N5O2. The van der Waals surface area contributed by atoms with E-state index in [2.05, 4.69) is 70.9 Å². The molecule has 180 valence electrons. The molecule has 7 nitrogen and oxygen atoms in total. The Kier molecular flexibility index (Phi) is 6.59. The van der Waals surface area contributed by atoms with Crippen LogP contribution in [-0.2, 0) is 17.8 Å². The second kappa shape index (κ2) is 9.78. The lowest BCUT2D eigenvalue weighted by Crippen LogP contribution is -2.44. The molecule has 2 aromatic carbocycles. The lowest BCUT2D eigenvalue weighted by molar-refractivity contribution is 0.0304. The lowest BCUT2D eigenvalue weighted by Gasteiger charge is -2.32. The Bertz CT molecular complexity index is 1250. The van der Waals surface area contributed by atoms with Crippen molar-refractivity contribution in [1.29, 1.82) is 0 Å². The summed E-state index contributed by atoms with van der Waals surface area (Å²) in [7, 11) is 0. The van der Waals surface area contributed by atoms with E-state index in [4.69, 9.17) is 4.74 Å². The third kappa shape index (κ3) is 4.19. The maximum absolute atomic E-state index is 12.9. The summed E-state index contributed by atoms with van der Waals surface area (Å²) in [6, 6.07) is 15.3. The van der Waals surface area contributed by atoms with Crippen LogP contribution < -0.4 is 11.1 Å². The molecule has 1 N–H and O–H groups in total. The third-order valence-corrected chi connectivity index (χ3v) is 7.10. The Labute approximate surface area is 201 Å². The SMILES string of the molecule is CCn1c(=O)n(CC)c2cc(C3=CNN(CCN4CCOCC4)C3c3cccc(C)c3)ccc21. The summed E-state index contributed by atoms with van der Waals surface area (Å²) in [5.41, 5.74) is 10.5. The molecule has 2 aliphatic rings. The maximum Gasteiger partial charge on any atom is 0.329 e. The molecule has 0 amide bonds. The van der Waals surface area contributed by atoms with Crippen molar-refractivity contribution in [2.45, 2.75) is 39.9 Å². The van der Waals surface area contributed by atoms with Gasteiger partial charge in [0, 0.05) is 45.5 Å². The van der Waals surface area contributed by atoms with E-state index in [1.54, 1.807) is 0 Å². The van der Waals surface area contributed by atoms with Crippen LogP contribution in [-0.4, -0.2) is 58.4 Å². The molecule has 1 unspecified atom stereocenters. The number of benzene rings is 2. The molecule has 0 saturated carbocycles. The van der Waals surface area contributed by atoms with E-state index in [1.165, 1.54) is 16.7 Å². The number of imidazole rings is 1. The summed E-state index contributed by atoms with van der Waals surface area (Å²) in [6.07, 6.45) is 2.14. The van der Waals surface area contributed by atoms with Crippen LogP contribution in [0.15, 0.2) is 53.5 Å². The summed E-state index contributed by atoms with van der Waals surface area (Å²) in [5, 5.41) is 2.34. The molecule has 1 atom stereocenters. The first-order chi connectivity index (χ1) is 16.6. The topological polar surface area (TPSA) is 54.7 Å². The highest BCUT2D eigenvalue weighted by atomic mass is 16.5. The van der Waals surface area contributed by atoms with Crippen LogP contribution in [0.1, 0.15) is 36.6 Å². The summed E-state index contributed by atoms with van der Waals surface area (Å²) in [6.45, 7) is 13.1. The molecular weight excluding hydrogens is 426 g/mol. The van der Waals surface area contributed by atoms with Crippen LogP contribution in [0.25, 0.3) is 16.6 Å². The Morgan fingerprint density at radius 2 is 1.74 bits per heavy atom. The summed E-state index contributed by atoms with van der Waals surface area (Å²) < 4.78 is 9.25. The third-order valence-electron chi connectivity index (χ3n) is 7.10. The molecule has 3 aromatic rings. The van der Waals surface area contributed by atoms with Crippen molar-refractivity contribution in [3.05, 3.63) is 75.8 Å². The lowest BCUT2D eigenvalue weighted by atomic mass is 9.93. The largest absolute Gasteiger partial charge is 0.379 e. The van der Waals surface area contributed by atoms with Gasteiger partial charge in [-0.15, -0.1) is 0 Å². The first-order valence-electron chi connectivity index (χ1n) is 12.4. The van der Waals surface area contributed by atoms with E-state index in [0.29, 0.717) is 13.1 Å². The molecule has 0 spiro atoms. The van der Waals surface area contributed by atoms with Crippen molar-refractivity contribution >= 4 is 16.6 Å². The van der Waals surface area contributed by atoms with Gasteiger partial charge in [0.2, 0.25) is 0 Å². The summed E-state index contributed by atoms with van der Waals surface area (Å²) in [5.74, 6) is 0. The van der Waals surface area contributed by atoms with Crippen molar-refractivity contribution in [2.75, 3.05) is 39.4 Å². The number of ether oxygens (including phenoxy) is 1. The number of rotatable bonds is 7. The summed E-state index contributed by atoms with van der Waals surface area (Å²) >= 11 is 0. The highest BCUT2D eigenvalue weighted by Crippen LogP contribution is 2.38. The molecule has 2 aliphatic heterocycles. The smallest absolute Gasteiger partial charge is 0.329 e. The second-order valence-corrected chi connectivity index (χ2v) is 9.17. The minimum absolute atomic E-state index is 0.0676. The quantitative estimate of drug-likeness (QED) is 0.585. The van der Waals surface area contributed by atoms with Gasteiger partial charge in [-0.1, -0.05) is 35.9 Å². The van der Waals surface area contributed by atoms with Crippen molar-refractivity contribution < 1.29 is 4.74 Å².